The fraction of sp³-hybridized carbons (Fsp3) is 0.150. The Kier molecular flexibility index (Phi) is 4.84. The van der Waals surface area contributed by atoms with Crippen molar-refractivity contribution in [3.63, 3.8) is 0 Å². The molecule has 0 aliphatic carbocycles. The van der Waals surface area contributed by atoms with Crippen LogP contribution in [-0.2, 0) is 4.79 Å². The molecule has 2 aromatic carbocycles. The van der Waals surface area contributed by atoms with Crippen molar-refractivity contribution in [2.75, 3.05) is 14.1 Å². The van der Waals surface area contributed by atoms with Crippen LogP contribution in [0, 0.1) is 6.92 Å². The molecule has 0 N–H and O–H groups in total. The van der Waals surface area contributed by atoms with E-state index >= 15 is 0 Å². The lowest BCUT2D eigenvalue weighted by atomic mass is 10.1. The van der Waals surface area contributed by atoms with Gasteiger partial charge in [0.25, 0.3) is 5.91 Å². The minimum atomic E-state index is -0.579. The van der Waals surface area contributed by atoms with Gasteiger partial charge in [-0.2, -0.15) is 0 Å². The van der Waals surface area contributed by atoms with Gasteiger partial charge in [-0.3, -0.25) is 4.79 Å². The Labute approximate surface area is 150 Å². The number of amides is 1. The SMILES string of the molecule is Cc1ccc(C(=O)N(C)C)cc1OC(=O)C=Cc1nc2ccccc2o1. The number of carbonyl (C=O) groups excluding carboxylic acids is 2. The zero-order valence-electron chi connectivity index (χ0n) is 14.7. The zero-order valence-corrected chi connectivity index (χ0v) is 14.7. The standard InChI is InChI=1S/C20H18N2O4/c1-13-8-9-14(20(24)22(2)3)12-17(13)26-19(23)11-10-18-21-15-6-4-5-7-16(15)25-18/h4-12H,1-3H3. The van der Waals surface area contributed by atoms with E-state index in [0.29, 0.717) is 28.3 Å². The number of para-hydroxylation sites is 2. The van der Waals surface area contributed by atoms with Crippen LogP contribution in [0.15, 0.2) is 53.0 Å². The second kappa shape index (κ2) is 7.23. The topological polar surface area (TPSA) is 72.6 Å². The number of nitrogens with zero attached hydrogens (tertiary/aromatic N) is 2. The smallest absolute Gasteiger partial charge is 0.336 e. The normalized spacial score (nSPS) is 11.0. The number of aromatic nitrogens is 1. The number of carbonyl (C=O) groups is 2. The Balaban J connectivity index is 1.75. The van der Waals surface area contributed by atoms with E-state index in [4.69, 9.17) is 9.15 Å². The summed E-state index contributed by atoms with van der Waals surface area (Å²) < 4.78 is 10.9. The van der Waals surface area contributed by atoms with Crippen LogP contribution < -0.4 is 4.74 Å². The maximum Gasteiger partial charge on any atom is 0.336 e. The molecular weight excluding hydrogens is 332 g/mol. The first kappa shape index (κ1) is 17.4. The molecule has 6 heteroatoms. The molecular formula is C20H18N2O4. The van der Waals surface area contributed by atoms with Gasteiger partial charge in [0.05, 0.1) is 0 Å². The molecule has 0 spiro atoms. The third-order valence-electron chi connectivity index (χ3n) is 3.72. The van der Waals surface area contributed by atoms with Crippen molar-refractivity contribution < 1.29 is 18.7 Å². The Morgan fingerprint density at radius 2 is 1.92 bits per heavy atom. The van der Waals surface area contributed by atoms with Crippen LogP contribution >= 0.6 is 0 Å². The van der Waals surface area contributed by atoms with Crippen molar-refractivity contribution in [3.05, 3.63) is 65.6 Å². The number of hydrogen-bond donors (Lipinski definition) is 0. The highest BCUT2D eigenvalue weighted by Gasteiger charge is 2.12. The molecule has 132 valence electrons. The molecule has 3 aromatic rings. The summed E-state index contributed by atoms with van der Waals surface area (Å²) in [6.07, 6.45) is 2.69. The second-order valence-electron chi connectivity index (χ2n) is 5.95. The average Bonchev–Trinajstić information content (AvgIpc) is 3.04. The molecule has 26 heavy (non-hydrogen) atoms. The molecule has 3 rings (SSSR count). The lowest BCUT2D eigenvalue weighted by molar-refractivity contribution is -0.128. The molecule has 0 fully saturated rings. The van der Waals surface area contributed by atoms with Gasteiger partial charge in [0, 0.05) is 31.8 Å². The molecule has 0 unspecified atom stereocenters. The van der Waals surface area contributed by atoms with E-state index < -0.39 is 5.97 Å². The number of oxazole rings is 1. The lowest BCUT2D eigenvalue weighted by Crippen LogP contribution is -2.21. The van der Waals surface area contributed by atoms with Crippen LogP contribution in [0.4, 0.5) is 0 Å². The zero-order chi connectivity index (χ0) is 18.7. The van der Waals surface area contributed by atoms with Gasteiger partial charge in [0.1, 0.15) is 11.3 Å². The van der Waals surface area contributed by atoms with Gasteiger partial charge in [0.15, 0.2) is 5.58 Å². The number of ether oxygens (including phenoxy) is 1. The number of benzene rings is 2. The first-order valence-electron chi connectivity index (χ1n) is 8.02. The number of rotatable bonds is 4. The van der Waals surface area contributed by atoms with Crippen molar-refractivity contribution in [2.45, 2.75) is 6.92 Å². The lowest BCUT2D eigenvalue weighted by Gasteiger charge is -2.12. The molecule has 0 radical (unpaired) electrons. The van der Waals surface area contributed by atoms with Crippen molar-refractivity contribution in [1.29, 1.82) is 0 Å². The summed E-state index contributed by atoms with van der Waals surface area (Å²) in [7, 11) is 3.33. The monoisotopic (exact) mass is 350 g/mol. The van der Waals surface area contributed by atoms with Crippen LogP contribution in [-0.4, -0.2) is 35.9 Å². The van der Waals surface area contributed by atoms with E-state index in [1.807, 2.05) is 18.2 Å². The van der Waals surface area contributed by atoms with Gasteiger partial charge in [-0.05, 0) is 36.8 Å². The quantitative estimate of drug-likeness (QED) is 0.409. The van der Waals surface area contributed by atoms with Crippen molar-refractivity contribution in [2.24, 2.45) is 0 Å². The first-order chi connectivity index (χ1) is 12.4. The first-order valence-corrected chi connectivity index (χ1v) is 8.02. The molecule has 0 aliphatic rings. The van der Waals surface area contributed by atoms with E-state index in [0.717, 1.165) is 5.56 Å². The van der Waals surface area contributed by atoms with Crippen molar-refractivity contribution >= 4 is 29.1 Å². The Morgan fingerprint density at radius 1 is 1.15 bits per heavy atom. The van der Waals surface area contributed by atoms with Gasteiger partial charge in [-0.25, -0.2) is 9.78 Å². The van der Waals surface area contributed by atoms with E-state index in [1.165, 1.54) is 17.1 Å². The summed E-state index contributed by atoms with van der Waals surface area (Å²) >= 11 is 0. The average molecular weight is 350 g/mol. The number of fused-ring (bicyclic) bond motifs is 1. The minimum absolute atomic E-state index is 0.163. The largest absolute Gasteiger partial charge is 0.437 e. The van der Waals surface area contributed by atoms with Crippen LogP contribution in [0.1, 0.15) is 21.8 Å². The summed E-state index contributed by atoms with van der Waals surface area (Å²) in [6, 6.07) is 12.3. The minimum Gasteiger partial charge on any atom is -0.437 e. The summed E-state index contributed by atoms with van der Waals surface area (Å²) in [5, 5.41) is 0. The Bertz CT molecular complexity index is 969. The van der Waals surface area contributed by atoms with E-state index in [1.54, 1.807) is 45.3 Å². The van der Waals surface area contributed by atoms with Gasteiger partial charge in [-0.15, -0.1) is 0 Å². The van der Waals surface area contributed by atoms with Crippen LogP contribution in [0.25, 0.3) is 17.2 Å². The van der Waals surface area contributed by atoms with Gasteiger partial charge >= 0.3 is 5.97 Å². The molecule has 1 aromatic heterocycles. The van der Waals surface area contributed by atoms with Crippen molar-refractivity contribution in [1.82, 2.24) is 9.88 Å². The molecule has 0 bridgehead atoms. The number of aryl methyl sites for hydroxylation is 1. The maximum absolute atomic E-state index is 12.1. The van der Waals surface area contributed by atoms with Gasteiger partial charge in [0.2, 0.25) is 5.89 Å². The Morgan fingerprint density at radius 3 is 2.65 bits per heavy atom. The fourth-order valence-corrected chi connectivity index (χ4v) is 2.34. The van der Waals surface area contributed by atoms with E-state index in [-0.39, 0.29) is 5.91 Å². The van der Waals surface area contributed by atoms with Crippen LogP contribution in [0.2, 0.25) is 0 Å². The second-order valence-corrected chi connectivity index (χ2v) is 5.95. The highest BCUT2D eigenvalue weighted by molar-refractivity contribution is 5.95. The molecule has 1 amide bonds. The molecule has 6 nitrogen and oxygen atoms in total. The summed E-state index contributed by atoms with van der Waals surface area (Å²) in [5.74, 6) is -0.0875. The number of esters is 1. The molecule has 0 saturated heterocycles. The van der Waals surface area contributed by atoms with E-state index in [2.05, 4.69) is 4.98 Å². The van der Waals surface area contributed by atoms with Gasteiger partial charge < -0.3 is 14.1 Å². The summed E-state index contributed by atoms with van der Waals surface area (Å²) in [5.41, 5.74) is 2.56. The Hall–Kier alpha value is -3.41. The predicted molar refractivity (Wildman–Crippen MR) is 97.9 cm³/mol. The fourth-order valence-electron chi connectivity index (χ4n) is 2.34. The molecule has 0 aliphatic heterocycles. The summed E-state index contributed by atoms with van der Waals surface area (Å²) in [6.45, 7) is 1.80. The third-order valence-corrected chi connectivity index (χ3v) is 3.72. The van der Waals surface area contributed by atoms with Crippen LogP contribution in [0.5, 0.6) is 5.75 Å². The maximum atomic E-state index is 12.1. The molecule has 0 saturated carbocycles. The summed E-state index contributed by atoms with van der Waals surface area (Å²) in [4.78, 5) is 29.9. The van der Waals surface area contributed by atoms with Gasteiger partial charge in [-0.1, -0.05) is 18.2 Å². The van der Waals surface area contributed by atoms with Crippen molar-refractivity contribution in [3.8, 4) is 5.75 Å². The third kappa shape index (κ3) is 3.80. The predicted octanol–water partition coefficient (Wildman–Crippen LogP) is 3.46. The highest BCUT2D eigenvalue weighted by Crippen LogP contribution is 2.21. The molecule has 1 heterocycles. The van der Waals surface area contributed by atoms with Crippen LogP contribution in [0.3, 0.4) is 0 Å². The van der Waals surface area contributed by atoms with E-state index in [9.17, 15) is 9.59 Å². The molecule has 0 atom stereocenters. The number of hydrogen-bond acceptors (Lipinski definition) is 5. The highest BCUT2D eigenvalue weighted by atomic mass is 16.5.